The molecule has 0 aromatic heterocycles. The number of fused-ring (bicyclic) bond motifs is 1. The fourth-order valence-corrected chi connectivity index (χ4v) is 9.20. The maximum atomic E-state index is 14.2. The summed E-state index contributed by atoms with van der Waals surface area (Å²) < 4.78 is 18.6. The lowest BCUT2D eigenvalue weighted by atomic mass is 9.83. The summed E-state index contributed by atoms with van der Waals surface area (Å²) >= 11 is 0. The molecule has 0 aliphatic heterocycles. The van der Waals surface area contributed by atoms with Gasteiger partial charge in [0.05, 0.1) is 6.10 Å². The third-order valence-electron chi connectivity index (χ3n) is 12.4. The van der Waals surface area contributed by atoms with Gasteiger partial charge in [-0.1, -0.05) is 137 Å². The van der Waals surface area contributed by atoms with E-state index in [0.29, 0.717) is 49.5 Å². The number of nitrogens with zero attached hydrogens (tertiary/aromatic N) is 1. The summed E-state index contributed by atoms with van der Waals surface area (Å²) in [5, 5.41) is 5.32. The second-order valence-corrected chi connectivity index (χ2v) is 17.2. The largest absolute Gasteiger partial charge is 0.489 e. The lowest BCUT2D eigenvalue weighted by Gasteiger charge is -2.33. The summed E-state index contributed by atoms with van der Waals surface area (Å²) in [4.78, 5) is 29.3. The molecular weight excluding hydrogens is 737 g/mol. The molecule has 5 N–H and O–H groups in total. The third kappa shape index (κ3) is 13.1. The zero-order valence-corrected chi connectivity index (χ0v) is 35.7. The number of carbonyl (C=O) groups is 2. The summed E-state index contributed by atoms with van der Waals surface area (Å²) in [6, 6.07) is 29.5. The fourth-order valence-electron chi connectivity index (χ4n) is 9.20. The van der Waals surface area contributed by atoms with Crippen molar-refractivity contribution in [2.75, 3.05) is 19.0 Å². The van der Waals surface area contributed by atoms with E-state index in [4.69, 9.17) is 25.7 Å². The Hall–Kier alpha value is -4.28. The van der Waals surface area contributed by atoms with Crippen molar-refractivity contribution < 1.29 is 23.8 Å². The summed E-state index contributed by atoms with van der Waals surface area (Å²) in [6.07, 6.45) is 12.7. The van der Waals surface area contributed by atoms with Crippen molar-refractivity contribution in [3.05, 3.63) is 108 Å². The first-order valence-corrected chi connectivity index (χ1v) is 22.3. The molecule has 9 heteroatoms. The molecule has 2 fully saturated rings. The van der Waals surface area contributed by atoms with Gasteiger partial charge in [0, 0.05) is 44.0 Å². The van der Waals surface area contributed by atoms with Crippen LogP contribution in [0, 0.1) is 11.8 Å². The first-order valence-electron chi connectivity index (χ1n) is 22.3. The maximum Gasteiger partial charge on any atom is 0.255 e. The molecule has 0 saturated heterocycles. The molecule has 0 bridgehead atoms. The number of carbonyl (C=O) groups excluding carboxylic acids is 2. The Kier molecular flexibility index (Phi) is 16.8. The van der Waals surface area contributed by atoms with E-state index in [0.717, 1.165) is 40.3 Å². The van der Waals surface area contributed by atoms with Crippen molar-refractivity contribution in [1.29, 1.82) is 0 Å². The van der Waals surface area contributed by atoms with Crippen molar-refractivity contribution in [2.24, 2.45) is 23.3 Å². The van der Waals surface area contributed by atoms with Gasteiger partial charge in [-0.2, -0.15) is 0 Å². The smallest absolute Gasteiger partial charge is 0.255 e. The molecule has 3 unspecified atom stereocenters. The molecule has 59 heavy (non-hydrogen) atoms. The van der Waals surface area contributed by atoms with E-state index in [-0.39, 0.29) is 30.0 Å². The van der Waals surface area contributed by atoms with Crippen LogP contribution >= 0.6 is 0 Å². The van der Waals surface area contributed by atoms with Crippen LogP contribution in [0.15, 0.2) is 91.0 Å². The van der Waals surface area contributed by atoms with E-state index in [1.54, 1.807) is 4.90 Å². The zero-order chi connectivity index (χ0) is 41.6. The summed E-state index contributed by atoms with van der Waals surface area (Å²) in [6.45, 7) is 5.20. The summed E-state index contributed by atoms with van der Waals surface area (Å²) in [5.41, 5.74) is 17.3. The number of amides is 2. The molecule has 0 radical (unpaired) electrons. The van der Waals surface area contributed by atoms with Crippen molar-refractivity contribution in [3.63, 3.8) is 0 Å². The van der Waals surface area contributed by atoms with Gasteiger partial charge in [-0.25, -0.2) is 0 Å². The van der Waals surface area contributed by atoms with Gasteiger partial charge >= 0.3 is 0 Å². The van der Waals surface area contributed by atoms with Crippen LogP contribution in [0.5, 0.6) is 5.75 Å². The van der Waals surface area contributed by atoms with Crippen LogP contribution in [0.3, 0.4) is 0 Å². The molecule has 4 aromatic rings. The average molecular weight is 805 g/mol. The van der Waals surface area contributed by atoms with Crippen LogP contribution in [-0.4, -0.2) is 60.8 Å². The lowest BCUT2D eigenvalue weighted by Crippen LogP contribution is -2.50. The molecule has 318 valence electrons. The Morgan fingerprint density at radius 2 is 1.37 bits per heavy atom. The lowest BCUT2D eigenvalue weighted by molar-refractivity contribution is -0.148. The Morgan fingerprint density at radius 3 is 2.05 bits per heavy atom. The molecule has 2 saturated carbocycles. The number of likely N-dealkylation sites (N-methyl/N-ethyl adjacent to an activating group) is 1. The summed E-state index contributed by atoms with van der Waals surface area (Å²) in [7, 11) is 1.86. The minimum Gasteiger partial charge on any atom is -0.489 e. The van der Waals surface area contributed by atoms with Gasteiger partial charge in [-0.05, 0) is 84.5 Å². The molecule has 5 atom stereocenters. The highest BCUT2D eigenvalue weighted by Crippen LogP contribution is 2.30. The standard InChI is InChI=1S/C50H68N4O5/c1-4-57-47(45(51)30-36-15-7-5-8-16-36)49(55)53-42-22-14-23-43(32-42)58-34-39-27-25-38(26-28-39)29-35(2)59-48(46(52)31-37-17-9-6-10-18-37)50(56)54(3)33-41-21-13-20-40-19-11-12-24-44(40)41/h11-14,19-28,32,35-37,45-48H,4-10,15-18,29-31,33-34,51-52H2,1-3H3,(H,53,55)/t35?,45-,46-,47?,48?/m1/s1. The van der Waals surface area contributed by atoms with Crippen LogP contribution in [0.2, 0.25) is 0 Å². The molecule has 9 nitrogen and oxygen atoms in total. The quantitative estimate of drug-likeness (QED) is 0.0812. The number of ether oxygens (including phenoxy) is 3. The maximum absolute atomic E-state index is 14.2. The van der Waals surface area contributed by atoms with E-state index in [9.17, 15) is 9.59 Å². The third-order valence-corrected chi connectivity index (χ3v) is 12.4. The van der Waals surface area contributed by atoms with Crippen LogP contribution in [0.4, 0.5) is 5.69 Å². The van der Waals surface area contributed by atoms with Crippen LogP contribution in [-0.2, 0) is 38.6 Å². The minimum absolute atomic E-state index is 0.0726. The van der Waals surface area contributed by atoms with E-state index in [2.05, 4.69) is 53.8 Å². The minimum atomic E-state index is -0.733. The van der Waals surface area contributed by atoms with Crippen LogP contribution in [0.25, 0.3) is 10.8 Å². The van der Waals surface area contributed by atoms with Crippen molar-refractivity contribution in [1.82, 2.24) is 4.90 Å². The molecule has 4 aromatic carbocycles. The highest BCUT2D eigenvalue weighted by molar-refractivity contribution is 5.95. The second-order valence-electron chi connectivity index (χ2n) is 17.2. The Bertz CT molecular complexity index is 1900. The van der Waals surface area contributed by atoms with Crippen molar-refractivity contribution in [3.8, 4) is 5.75 Å². The molecule has 2 amide bonds. The molecule has 2 aliphatic rings. The molecule has 0 heterocycles. The predicted octanol–water partition coefficient (Wildman–Crippen LogP) is 9.33. The Morgan fingerprint density at radius 1 is 0.763 bits per heavy atom. The molecule has 6 rings (SSSR count). The van der Waals surface area contributed by atoms with E-state index in [1.807, 2.05) is 63.4 Å². The SMILES string of the molecule is CCOC(C(=O)Nc1cccc(OCc2ccc(CC(C)OC(C(=O)N(C)Cc3cccc4ccccc34)[C@H](N)CC3CCCCC3)cc2)c1)[C@H](N)CC1CCCCC1. The zero-order valence-electron chi connectivity index (χ0n) is 35.7. The normalized spacial score (nSPS) is 17.8. The fraction of sp³-hybridized carbons (Fsp3) is 0.520. The highest BCUT2D eigenvalue weighted by Gasteiger charge is 2.33. The van der Waals surface area contributed by atoms with Gasteiger partial charge < -0.3 is 35.9 Å². The monoisotopic (exact) mass is 805 g/mol. The van der Waals surface area contributed by atoms with Gasteiger partial charge in [0.15, 0.2) is 12.2 Å². The van der Waals surface area contributed by atoms with Gasteiger partial charge in [-0.15, -0.1) is 0 Å². The van der Waals surface area contributed by atoms with Crippen LogP contribution < -0.4 is 21.5 Å². The molecule has 2 aliphatic carbocycles. The van der Waals surface area contributed by atoms with Gasteiger partial charge in [0.2, 0.25) is 0 Å². The highest BCUT2D eigenvalue weighted by atomic mass is 16.5. The van der Waals surface area contributed by atoms with Crippen molar-refractivity contribution >= 4 is 28.3 Å². The van der Waals surface area contributed by atoms with E-state index >= 15 is 0 Å². The molecular formula is C50H68N4O5. The number of hydrogen-bond acceptors (Lipinski definition) is 7. The number of nitrogens with two attached hydrogens (primary N) is 2. The molecule has 0 spiro atoms. The number of rotatable bonds is 20. The first kappa shape index (κ1) is 44.3. The average Bonchev–Trinajstić information content (AvgIpc) is 3.25. The summed E-state index contributed by atoms with van der Waals surface area (Å²) in [5.74, 6) is 1.44. The topological polar surface area (TPSA) is 129 Å². The van der Waals surface area contributed by atoms with Crippen molar-refractivity contribution in [2.45, 2.75) is 141 Å². The van der Waals surface area contributed by atoms with Gasteiger partial charge in [-0.3, -0.25) is 9.59 Å². The number of nitrogens with one attached hydrogen (secondary N) is 1. The van der Waals surface area contributed by atoms with E-state index in [1.165, 1.54) is 64.2 Å². The second kappa shape index (κ2) is 22.4. The van der Waals surface area contributed by atoms with Gasteiger partial charge in [0.25, 0.3) is 11.8 Å². The Balaban J connectivity index is 1.03. The number of anilines is 1. The first-order chi connectivity index (χ1) is 28.7. The predicted molar refractivity (Wildman–Crippen MR) is 238 cm³/mol. The number of benzene rings is 4. The van der Waals surface area contributed by atoms with E-state index < -0.39 is 12.2 Å². The number of hydrogen-bond donors (Lipinski definition) is 3. The van der Waals surface area contributed by atoms with Crippen LogP contribution in [0.1, 0.15) is 108 Å². The van der Waals surface area contributed by atoms with Gasteiger partial charge in [0.1, 0.15) is 12.4 Å². The Labute approximate surface area is 352 Å².